The average Bonchev–Trinajstić information content (AvgIpc) is 3.15. The van der Waals surface area contributed by atoms with Crippen LogP contribution in [-0.2, 0) is 6.54 Å². The Hall–Kier alpha value is -3.35. The fourth-order valence-electron chi connectivity index (χ4n) is 4.68. The van der Waals surface area contributed by atoms with E-state index in [1.54, 1.807) is 19.2 Å². The minimum absolute atomic E-state index is 0.244. The molecule has 0 N–H and O–H groups in total. The second-order valence-corrected chi connectivity index (χ2v) is 8.94. The average molecular weight is 475 g/mol. The molecular formula is C29H31FN2O3. The van der Waals surface area contributed by atoms with Gasteiger partial charge in [0, 0.05) is 30.6 Å². The van der Waals surface area contributed by atoms with Gasteiger partial charge in [-0.25, -0.2) is 4.39 Å². The topological polar surface area (TPSA) is 38.1 Å². The van der Waals surface area contributed by atoms with Gasteiger partial charge >= 0.3 is 0 Å². The first-order chi connectivity index (χ1) is 17.2. The first-order valence-corrected chi connectivity index (χ1v) is 12.2. The number of fused-ring (bicyclic) bond motifs is 1. The standard InChI is InChI=1S/C29H31FN2O3/c1-33-29-6-3-2-5-27(29)22-7-12-28-23(19-22)20-26(35-28)21-32-14-4-13-31(15-16-32)17-18-34-25-10-8-24(30)9-11-25/h2-3,5-12,19-20H,4,13-18,21H2,1H3. The monoisotopic (exact) mass is 474 g/mol. The molecule has 1 fully saturated rings. The van der Waals surface area contributed by atoms with Crippen LogP contribution in [0, 0.1) is 5.82 Å². The van der Waals surface area contributed by atoms with Gasteiger partial charge in [0.2, 0.25) is 0 Å². The van der Waals surface area contributed by atoms with Crippen LogP contribution in [0.4, 0.5) is 4.39 Å². The SMILES string of the molecule is COc1ccccc1-c1ccc2oc(CN3CCCN(CCOc4ccc(F)cc4)CC3)cc2c1. The van der Waals surface area contributed by atoms with Crippen molar-refractivity contribution in [2.45, 2.75) is 13.0 Å². The summed E-state index contributed by atoms with van der Waals surface area (Å²) in [5.74, 6) is 2.32. The molecule has 0 atom stereocenters. The van der Waals surface area contributed by atoms with Crippen molar-refractivity contribution in [1.82, 2.24) is 9.80 Å². The number of rotatable bonds is 8. The van der Waals surface area contributed by atoms with Gasteiger partial charge < -0.3 is 13.9 Å². The smallest absolute Gasteiger partial charge is 0.134 e. The molecular weight excluding hydrogens is 443 g/mol. The molecule has 5 rings (SSSR count). The third-order valence-corrected chi connectivity index (χ3v) is 6.54. The highest BCUT2D eigenvalue weighted by Crippen LogP contribution is 2.32. The van der Waals surface area contributed by atoms with E-state index in [1.807, 2.05) is 24.3 Å². The van der Waals surface area contributed by atoms with Gasteiger partial charge in [-0.15, -0.1) is 0 Å². The molecule has 2 heterocycles. The summed E-state index contributed by atoms with van der Waals surface area (Å²) in [6.45, 7) is 6.33. The minimum atomic E-state index is -0.244. The normalized spacial score (nSPS) is 15.3. The third kappa shape index (κ3) is 5.84. The second kappa shape index (κ2) is 10.9. The summed E-state index contributed by atoms with van der Waals surface area (Å²) in [6.07, 6.45) is 1.11. The Labute approximate surface area is 205 Å². The van der Waals surface area contributed by atoms with Crippen molar-refractivity contribution in [2.75, 3.05) is 46.4 Å². The van der Waals surface area contributed by atoms with Crippen LogP contribution in [0.25, 0.3) is 22.1 Å². The number of ether oxygens (including phenoxy) is 2. The van der Waals surface area contributed by atoms with Crippen LogP contribution in [-0.4, -0.2) is 56.2 Å². The number of nitrogens with zero attached hydrogens (tertiary/aromatic N) is 2. The van der Waals surface area contributed by atoms with Gasteiger partial charge in [0.05, 0.1) is 13.7 Å². The van der Waals surface area contributed by atoms with Crippen LogP contribution in [0.15, 0.2) is 77.2 Å². The number of benzene rings is 3. The Morgan fingerprint density at radius 2 is 1.69 bits per heavy atom. The molecule has 6 heteroatoms. The van der Waals surface area contributed by atoms with E-state index in [0.29, 0.717) is 12.4 Å². The van der Waals surface area contributed by atoms with Gasteiger partial charge in [0.25, 0.3) is 0 Å². The minimum Gasteiger partial charge on any atom is -0.496 e. The summed E-state index contributed by atoms with van der Waals surface area (Å²) in [5, 5.41) is 1.11. The molecule has 1 aliphatic rings. The van der Waals surface area contributed by atoms with Crippen LogP contribution >= 0.6 is 0 Å². The number of halogens is 1. The summed E-state index contributed by atoms with van der Waals surface area (Å²) in [5.41, 5.74) is 3.11. The molecule has 0 bridgehead atoms. The van der Waals surface area contributed by atoms with Crippen LogP contribution in [0.3, 0.4) is 0 Å². The highest BCUT2D eigenvalue weighted by atomic mass is 19.1. The maximum absolute atomic E-state index is 13.0. The van der Waals surface area contributed by atoms with Crippen LogP contribution in [0.1, 0.15) is 12.2 Å². The maximum Gasteiger partial charge on any atom is 0.134 e. The zero-order chi connectivity index (χ0) is 24.0. The van der Waals surface area contributed by atoms with E-state index in [9.17, 15) is 4.39 Å². The van der Waals surface area contributed by atoms with Crippen LogP contribution in [0.2, 0.25) is 0 Å². The molecule has 5 nitrogen and oxygen atoms in total. The van der Waals surface area contributed by atoms with Crippen molar-refractivity contribution in [2.24, 2.45) is 0 Å². The van der Waals surface area contributed by atoms with Crippen molar-refractivity contribution in [3.63, 3.8) is 0 Å². The van der Waals surface area contributed by atoms with Gasteiger partial charge in [-0.05, 0) is 73.6 Å². The van der Waals surface area contributed by atoms with Gasteiger partial charge in [-0.1, -0.05) is 24.3 Å². The number of hydrogen-bond donors (Lipinski definition) is 0. The molecule has 1 aliphatic heterocycles. The van der Waals surface area contributed by atoms with E-state index in [-0.39, 0.29) is 5.82 Å². The lowest BCUT2D eigenvalue weighted by Gasteiger charge is -2.21. The summed E-state index contributed by atoms with van der Waals surface area (Å²) in [7, 11) is 1.70. The number of furan rings is 1. The summed E-state index contributed by atoms with van der Waals surface area (Å²) < 4.78 is 30.5. The fourth-order valence-corrected chi connectivity index (χ4v) is 4.68. The molecule has 0 radical (unpaired) electrons. The van der Waals surface area contributed by atoms with Crippen molar-refractivity contribution < 1.29 is 18.3 Å². The highest BCUT2D eigenvalue weighted by Gasteiger charge is 2.17. The second-order valence-electron chi connectivity index (χ2n) is 8.94. The van der Waals surface area contributed by atoms with Crippen LogP contribution in [0.5, 0.6) is 11.5 Å². The van der Waals surface area contributed by atoms with Crippen molar-refractivity contribution in [3.05, 3.63) is 84.4 Å². The number of methoxy groups -OCH3 is 1. The largest absolute Gasteiger partial charge is 0.496 e. The third-order valence-electron chi connectivity index (χ3n) is 6.54. The lowest BCUT2D eigenvalue weighted by molar-refractivity contribution is 0.204. The van der Waals surface area contributed by atoms with E-state index < -0.39 is 0 Å². The molecule has 35 heavy (non-hydrogen) atoms. The Balaban J connectivity index is 1.16. The Morgan fingerprint density at radius 1 is 0.886 bits per heavy atom. The lowest BCUT2D eigenvalue weighted by Crippen LogP contribution is -2.33. The summed E-state index contributed by atoms with van der Waals surface area (Å²) >= 11 is 0. The molecule has 4 aromatic rings. The van der Waals surface area contributed by atoms with Gasteiger partial charge in [0.1, 0.15) is 35.3 Å². The van der Waals surface area contributed by atoms with E-state index >= 15 is 0 Å². The van der Waals surface area contributed by atoms with E-state index in [1.165, 1.54) is 12.1 Å². The molecule has 1 saturated heterocycles. The van der Waals surface area contributed by atoms with E-state index in [0.717, 1.165) is 79.3 Å². The van der Waals surface area contributed by atoms with Gasteiger partial charge in [-0.3, -0.25) is 9.80 Å². The molecule has 3 aromatic carbocycles. The first-order valence-electron chi connectivity index (χ1n) is 12.2. The Morgan fingerprint density at radius 3 is 2.54 bits per heavy atom. The van der Waals surface area contributed by atoms with Crippen molar-refractivity contribution >= 4 is 11.0 Å². The predicted octanol–water partition coefficient (Wildman–Crippen LogP) is 5.83. The Bertz CT molecular complexity index is 1250. The van der Waals surface area contributed by atoms with E-state index in [4.69, 9.17) is 13.9 Å². The van der Waals surface area contributed by atoms with Crippen molar-refractivity contribution in [3.8, 4) is 22.6 Å². The molecule has 0 unspecified atom stereocenters. The van der Waals surface area contributed by atoms with E-state index in [2.05, 4.69) is 34.1 Å². The van der Waals surface area contributed by atoms with Crippen LogP contribution < -0.4 is 9.47 Å². The zero-order valence-corrected chi connectivity index (χ0v) is 20.1. The molecule has 182 valence electrons. The first kappa shape index (κ1) is 23.4. The predicted molar refractivity (Wildman–Crippen MR) is 136 cm³/mol. The maximum atomic E-state index is 13.0. The Kier molecular flexibility index (Phi) is 7.31. The zero-order valence-electron chi connectivity index (χ0n) is 20.1. The molecule has 1 aromatic heterocycles. The summed E-state index contributed by atoms with van der Waals surface area (Å²) in [6, 6.07) is 22.7. The molecule has 0 spiro atoms. The number of hydrogen-bond acceptors (Lipinski definition) is 5. The quantitative estimate of drug-likeness (QED) is 0.321. The number of para-hydroxylation sites is 1. The molecule has 0 aliphatic carbocycles. The van der Waals surface area contributed by atoms with Gasteiger partial charge in [0.15, 0.2) is 0 Å². The fraction of sp³-hybridized carbons (Fsp3) is 0.310. The molecule has 0 amide bonds. The van der Waals surface area contributed by atoms with Crippen molar-refractivity contribution in [1.29, 1.82) is 0 Å². The highest BCUT2D eigenvalue weighted by molar-refractivity contribution is 5.85. The molecule has 0 saturated carbocycles. The van der Waals surface area contributed by atoms with Gasteiger partial charge in [-0.2, -0.15) is 0 Å². The summed E-state index contributed by atoms with van der Waals surface area (Å²) in [4.78, 5) is 4.89. The lowest BCUT2D eigenvalue weighted by atomic mass is 10.0.